The van der Waals surface area contributed by atoms with Crippen molar-refractivity contribution in [3.05, 3.63) is 47.5 Å². The van der Waals surface area contributed by atoms with Crippen LogP contribution in [0.15, 0.2) is 36.4 Å². The van der Waals surface area contributed by atoms with Gasteiger partial charge in [0.25, 0.3) is 0 Å². The fourth-order valence-corrected chi connectivity index (χ4v) is 3.58. The molecule has 0 amide bonds. The topological polar surface area (TPSA) is 43.0 Å². The van der Waals surface area contributed by atoms with E-state index in [9.17, 15) is 0 Å². The number of piperidine rings is 1. The number of benzene rings is 2. The Bertz CT molecular complexity index is 738. The van der Waals surface area contributed by atoms with Crippen molar-refractivity contribution in [1.82, 2.24) is 4.90 Å². The number of nitrogens with one attached hydrogen (secondary N) is 1. The van der Waals surface area contributed by atoms with Gasteiger partial charge in [0.15, 0.2) is 11.5 Å². The molecule has 0 radical (unpaired) electrons. The fraction of sp³-hybridized carbons (Fsp3) is 0.455. The van der Waals surface area contributed by atoms with E-state index in [0.29, 0.717) is 11.8 Å². The van der Waals surface area contributed by atoms with Crippen LogP contribution >= 0.6 is 0 Å². The Kier molecular flexibility index (Phi) is 6.45. The predicted octanol–water partition coefficient (Wildman–Crippen LogP) is 4.10. The van der Waals surface area contributed by atoms with Crippen LogP contribution in [0.5, 0.6) is 17.2 Å². The lowest BCUT2D eigenvalue weighted by Gasteiger charge is -2.33. The van der Waals surface area contributed by atoms with E-state index in [-0.39, 0.29) is 0 Å². The standard InChI is InChI=1S/C22H30N2O3/c1-16-5-7-18(8-6-16)23-19-9-11-24(12-10-19)15-17-13-21(26-3)22(27-4)14-20(17)25-2/h5-8,13-14,19,23H,9-12,15H2,1-4H3. The second kappa shape index (κ2) is 9.00. The Hall–Kier alpha value is -2.40. The van der Waals surface area contributed by atoms with Crippen molar-refractivity contribution in [2.24, 2.45) is 0 Å². The highest BCUT2D eigenvalue weighted by molar-refractivity contribution is 5.50. The summed E-state index contributed by atoms with van der Waals surface area (Å²) in [6.45, 7) is 5.08. The summed E-state index contributed by atoms with van der Waals surface area (Å²) < 4.78 is 16.4. The summed E-state index contributed by atoms with van der Waals surface area (Å²) in [5.74, 6) is 2.27. The number of ether oxygens (including phenoxy) is 3. The molecule has 1 aliphatic rings. The van der Waals surface area contributed by atoms with Crippen LogP contribution in [0.1, 0.15) is 24.0 Å². The molecule has 1 N–H and O–H groups in total. The van der Waals surface area contributed by atoms with Gasteiger partial charge in [0.1, 0.15) is 5.75 Å². The van der Waals surface area contributed by atoms with E-state index >= 15 is 0 Å². The van der Waals surface area contributed by atoms with Crippen LogP contribution in [0.4, 0.5) is 5.69 Å². The quantitative estimate of drug-likeness (QED) is 0.795. The molecule has 0 saturated carbocycles. The molecule has 0 spiro atoms. The third-order valence-electron chi connectivity index (χ3n) is 5.19. The zero-order valence-corrected chi connectivity index (χ0v) is 16.7. The molecule has 0 aliphatic carbocycles. The molecule has 1 aliphatic heterocycles. The molecule has 0 unspecified atom stereocenters. The van der Waals surface area contributed by atoms with E-state index in [1.165, 1.54) is 11.3 Å². The van der Waals surface area contributed by atoms with Gasteiger partial charge in [-0.3, -0.25) is 4.90 Å². The molecule has 1 fully saturated rings. The van der Waals surface area contributed by atoms with Crippen LogP contribution < -0.4 is 19.5 Å². The van der Waals surface area contributed by atoms with Gasteiger partial charge in [0, 0.05) is 43.0 Å². The summed E-state index contributed by atoms with van der Waals surface area (Å²) in [5.41, 5.74) is 3.62. The monoisotopic (exact) mass is 370 g/mol. The van der Waals surface area contributed by atoms with Gasteiger partial charge in [-0.1, -0.05) is 17.7 Å². The maximum atomic E-state index is 5.56. The second-order valence-corrected chi connectivity index (χ2v) is 7.08. The van der Waals surface area contributed by atoms with Gasteiger partial charge in [-0.25, -0.2) is 0 Å². The average Bonchev–Trinajstić information content (AvgIpc) is 2.70. The minimum Gasteiger partial charge on any atom is -0.496 e. The SMILES string of the molecule is COc1cc(OC)c(OC)cc1CN1CCC(Nc2ccc(C)cc2)CC1. The van der Waals surface area contributed by atoms with Crippen LogP contribution in [-0.4, -0.2) is 45.4 Å². The summed E-state index contributed by atoms with van der Waals surface area (Å²) in [6, 6.07) is 13.1. The minimum atomic E-state index is 0.524. The summed E-state index contributed by atoms with van der Waals surface area (Å²) in [4.78, 5) is 2.47. The second-order valence-electron chi connectivity index (χ2n) is 7.08. The number of nitrogens with zero attached hydrogens (tertiary/aromatic N) is 1. The molecule has 0 aromatic heterocycles. The van der Waals surface area contributed by atoms with Crippen LogP contribution in [0.2, 0.25) is 0 Å². The lowest BCUT2D eigenvalue weighted by atomic mass is 10.0. The molecule has 1 saturated heterocycles. The average molecular weight is 370 g/mol. The molecular formula is C22H30N2O3. The number of hydrogen-bond donors (Lipinski definition) is 1. The summed E-state index contributed by atoms with van der Waals surface area (Å²) in [5, 5.41) is 3.66. The van der Waals surface area contributed by atoms with Gasteiger partial charge in [-0.05, 0) is 38.0 Å². The number of aryl methyl sites for hydroxylation is 1. The van der Waals surface area contributed by atoms with Gasteiger partial charge in [-0.2, -0.15) is 0 Å². The fourth-order valence-electron chi connectivity index (χ4n) is 3.58. The van der Waals surface area contributed by atoms with E-state index < -0.39 is 0 Å². The molecule has 146 valence electrons. The first-order valence-electron chi connectivity index (χ1n) is 9.47. The first-order chi connectivity index (χ1) is 13.1. The molecule has 2 aromatic rings. The summed E-state index contributed by atoms with van der Waals surface area (Å²) in [6.07, 6.45) is 2.26. The Morgan fingerprint density at radius 1 is 0.889 bits per heavy atom. The Balaban J connectivity index is 1.59. The zero-order chi connectivity index (χ0) is 19.2. The lowest BCUT2D eigenvalue weighted by Crippen LogP contribution is -2.38. The maximum Gasteiger partial charge on any atom is 0.164 e. The van der Waals surface area contributed by atoms with Crippen LogP contribution in [0.3, 0.4) is 0 Å². The van der Waals surface area contributed by atoms with E-state index in [4.69, 9.17) is 14.2 Å². The first-order valence-corrected chi connectivity index (χ1v) is 9.47. The molecule has 5 heteroatoms. The van der Waals surface area contributed by atoms with E-state index in [0.717, 1.165) is 49.5 Å². The van der Waals surface area contributed by atoms with E-state index in [2.05, 4.69) is 41.4 Å². The van der Waals surface area contributed by atoms with Crippen LogP contribution in [0, 0.1) is 6.92 Å². The number of hydrogen-bond acceptors (Lipinski definition) is 5. The van der Waals surface area contributed by atoms with Gasteiger partial charge in [0.05, 0.1) is 21.3 Å². The van der Waals surface area contributed by atoms with Crippen LogP contribution in [-0.2, 0) is 6.54 Å². The smallest absolute Gasteiger partial charge is 0.164 e. The Morgan fingerprint density at radius 2 is 1.48 bits per heavy atom. The number of anilines is 1. The molecule has 1 heterocycles. The van der Waals surface area contributed by atoms with Crippen LogP contribution in [0.25, 0.3) is 0 Å². The zero-order valence-electron chi connectivity index (χ0n) is 16.7. The highest BCUT2D eigenvalue weighted by atomic mass is 16.5. The maximum absolute atomic E-state index is 5.56. The molecular weight excluding hydrogens is 340 g/mol. The van der Waals surface area contributed by atoms with Crippen molar-refractivity contribution < 1.29 is 14.2 Å². The number of rotatable bonds is 7. The molecule has 27 heavy (non-hydrogen) atoms. The number of likely N-dealkylation sites (tertiary alicyclic amines) is 1. The van der Waals surface area contributed by atoms with E-state index in [1.54, 1.807) is 21.3 Å². The highest BCUT2D eigenvalue weighted by Gasteiger charge is 2.21. The Morgan fingerprint density at radius 3 is 2.07 bits per heavy atom. The van der Waals surface area contributed by atoms with Gasteiger partial charge in [-0.15, -0.1) is 0 Å². The molecule has 0 atom stereocenters. The van der Waals surface area contributed by atoms with Crippen molar-refractivity contribution in [3.8, 4) is 17.2 Å². The van der Waals surface area contributed by atoms with Crippen molar-refractivity contribution in [1.29, 1.82) is 0 Å². The molecule has 0 bridgehead atoms. The molecule has 2 aromatic carbocycles. The lowest BCUT2D eigenvalue weighted by molar-refractivity contribution is 0.208. The van der Waals surface area contributed by atoms with Crippen molar-refractivity contribution in [3.63, 3.8) is 0 Å². The van der Waals surface area contributed by atoms with Gasteiger partial charge < -0.3 is 19.5 Å². The number of methoxy groups -OCH3 is 3. The highest BCUT2D eigenvalue weighted by Crippen LogP contribution is 2.35. The minimum absolute atomic E-state index is 0.524. The normalized spacial score (nSPS) is 15.4. The molecule has 3 rings (SSSR count). The van der Waals surface area contributed by atoms with Crippen molar-refractivity contribution in [2.45, 2.75) is 32.4 Å². The summed E-state index contributed by atoms with van der Waals surface area (Å²) in [7, 11) is 5.00. The largest absolute Gasteiger partial charge is 0.496 e. The summed E-state index contributed by atoms with van der Waals surface area (Å²) >= 11 is 0. The Labute approximate surface area is 162 Å². The van der Waals surface area contributed by atoms with Gasteiger partial charge in [0.2, 0.25) is 0 Å². The third-order valence-corrected chi connectivity index (χ3v) is 5.19. The van der Waals surface area contributed by atoms with E-state index in [1.807, 2.05) is 12.1 Å². The van der Waals surface area contributed by atoms with Crippen molar-refractivity contribution in [2.75, 3.05) is 39.7 Å². The third kappa shape index (κ3) is 4.86. The molecule has 5 nitrogen and oxygen atoms in total. The van der Waals surface area contributed by atoms with Crippen molar-refractivity contribution >= 4 is 5.69 Å². The van der Waals surface area contributed by atoms with Gasteiger partial charge >= 0.3 is 0 Å². The predicted molar refractivity (Wildman–Crippen MR) is 109 cm³/mol. The first kappa shape index (κ1) is 19.4.